The first-order chi connectivity index (χ1) is 8.07. The smallest absolute Gasteiger partial charge is 0.158 e. The van der Waals surface area contributed by atoms with Gasteiger partial charge in [0.15, 0.2) is 5.78 Å². The third kappa shape index (κ3) is 3.65. The Bertz CT molecular complexity index is 314. The maximum Gasteiger partial charge on any atom is 0.158 e. The minimum Gasteiger partial charge on any atom is -0.314 e. The van der Waals surface area contributed by atoms with Crippen LogP contribution in [0, 0.1) is 5.41 Å². The van der Waals surface area contributed by atoms with E-state index in [9.17, 15) is 4.79 Å². The van der Waals surface area contributed by atoms with Gasteiger partial charge in [-0.15, -0.1) is 0 Å². The third-order valence-electron chi connectivity index (χ3n) is 3.83. The van der Waals surface area contributed by atoms with Gasteiger partial charge in [-0.1, -0.05) is 19.9 Å². The second-order valence-corrected chi connectivity index (χ2v) is 5.92. The molecular formula is C14H24N2O. The lowest BCUT2D eigenvalue weighted by Crippen LogP contribution is -2.44. The highest BCUT2D eigenvalue weighted by Gasteiger charge is 2.25. The van der Waals surface area contributed by atoms with Gasteiger partial charge in [-0.25, -0.2) is 0 Å². The lowest BCUT2D eigenvalue weighted by atomic mass is 9.78. The van der Waals surface area contributed by atoms with Gasteiger partial charge in [0.1, 0.15) is 0 Å². The van der Waals surface area contributed by atoms with Crippen molar-refractivity contribution in [3.8, 4) is 0 Å². The number of Topliss-reactive ketones (excluding diaryl/α,β-unsaturated/α-hetero) is 1. The summed E-state index contributed by atoms with van der Waals surface area (Å²) in [5, 5.41) is 3.35. The van der Waals surface area contributed by atoms with Crippen molar-refractivity contribution < 1.29 is 4.79 Å². The number of piperazine rings is 1. The quantitative estimate of drug-likeness (QED) is 0.808. The third-order valence-corrected chi connectivity index (χ3v) is 3.83. The van der Waals surface area contributed by atoms with Gasteiger partial charge in [0.25, 0.3) is 0 Å². The van der Waals surface area contributed by atoms with Gasteiger partial charge < -0.3 is 10.2 Å². The average Bonchev–Trinajstić information content (AvgIpc) is 2.32. The van der Waals surface area contributed by atoms with Crippen LogP contribution < -0.4 is 5.32 Å². The fourth-order valence-electron chi connectivity index (χ4n) is 2.65. The molecule has 0 aromatic carbocycles. The van der Waals surface area contributed by atoms with E-state index in [1.54, 1.807) is 0 Å². The van der Waals surface area contributed by atoms with E-state index in [1.807, 2.05) is 0 Å². The number of carbonyl (C=O) groups excluding carboxylic acids is 1. The molecule has 1 saturated heterocycles. The van der Waals surface area contributed by atoms with Crippen LogP contribution in [-0.2, 0) is 4.79 Å². The fraction of sp³-hybridized carbons (Fsp3) is 0.786. The zero-order valence-corrected chi connectivity index (χ0v) is 11.1. The number of rotatable bonds is 3. The molecule has 0 saturated carbocycles. The molecule has 2 aliphatic rings. The summed E-state index contributed by atoms with van der Waals surface area (Å²) in [6, 6.07) is 0. The monoisotopic (exact) mass is 236 g/mol. The summed E-state index contributed by atoms with van der Waals surface area (Å²) in [6.45, 7) is 9.89. The molecule has 1 aliphatic carbocycles. The van der Waals surface area contributed by atoms with Crippen molar-refractivity contribution in [3.05, 3.63) is 11.6 Å². The summed E-state index contributed by atoms with van der Waals surface area (Å²) in [6.07, 6.45) is 4.88. The van der Waals surface area contributed by atoms with Crippen LogP contribution in [0.1, 0.15) is 33.1 Å². The minimum atomic E-state index is 0.215. The molecule has 1 heterocycles. The molecule has 1 fully saturated rings. The van der Waals surface area contributed by atoms with Crippen LogP contribution in [0.4, 0.5) is 0 Å². The first kappa shape index (κ1) is 12.8. The summed E-state index contributed by atoms with van der Waals surface area (Å²) in [4.78, 5) is 14.3. The summed E-state index contributed by atoms with van der Waals surface area (Å²) in [7, 11) is 0. The Morgan fingerprint density at radius 2 is 2.06 bits per heavy atom. The number of hydrogen-bond donors (Lipinski definition) is 1. The standard InChI is InChI=1S/C14H24N2O/c1-14(2)5-3-13(17)12(11-14)4-8-16-9-6-15-7-10-16/h11,15H,3-10H2,1-2H3. The van der Waals surface area contributed by atoms with Gasteiger partial charge in [0.05, 0.1) is 0 Å². The van der Waals surface area contributed by atoms with Crippen LogP contribution in [0.25, 0.3) is 0 Å². The molecule has 0 aromatic heterocycles. The highest BCUT2D eigenvalue weighted by molar-refractivity contribution is 5.96. The molecule has 0 spiro atoms. The van der Waals surface area contributed by atoms with Crippen molar-refractivity contribution in [1.82, 2.24) is 10.2 Å². The lowest BCUT2D eigenvalue weighted by Gasteiger charge is -2.30. The van der Waals surface area contributed by atoms with E-state index in [0.717, 1.165) is 57.6 Å². The molecule has 1 aliphatic heterocycles. The number of ketones is 1. The van der Waals surface area contributed by atoms with Crippen molar-refractivity contribution in [3.63, 3.8) is 0 Å². The Balaban J connectivity index is 1.88. The molecule has 0 bridgehead atoms. The Kier molecular flexibility index (Phi) is 4.00. The molecule has 2 rings (SSSR count). The largest absolute Gasteiger partial charge is 0.314 e. The lowest BCUT2D eigenvalue weighted by molar-refractivity contribution is -0.116. The summed E-state index contributed by atoms with van der Waals surface area (Å²) < 4.78 is 0. The van der Waals surface area contributed by atoms with Gasteiger partial charge in [0, 0.05) is 39.1 Å². The number of allylic oxidation sites excluding steroid dienone is 1. The maximum atomic E-state index is 11.9. The highest BCUT2D eigenvalue weighted by atomic mass is 16.1. The SMILES string of the molecule is CC1(C)C=C(CCN2CCNCC2)C(=O)CC1. The van der Waals surface area contributed by atoms with Gasteiger partial charge in [-0.3, -0.25) is 4.79 Å². The molecule has 0 aromatic rings. The zero-order chi connectivity index (χ0) is 12.3. The van der Waals surface area contributed by atoms with Crippen LogP contribution >= 0.6 is 0 Å². The van der Waals surface area contributed by atoms with Gasteiger partial charge in [-0.2, -0.15) is 0 Å². The summed E-state index contributed by atoms with van der Waals surface area (Å²) in [5.74, 6) is 0.374. The van der Waals surface area contributed by atoms with Crippen molar-refractivity contribution in [2.75, 3.05) is 32.7 Å². The number of nitrogens with zero attached hydrogens (tertiary/aromatic N) is 1. The zero-order valence-electron chi connectivity index (χ0n) is 11.1. The van der Waals surface area contributed by atoms with E-state index in [1.165, 1.54) is 0 Å². The Morgan fingerprint density at radius 1 is 1.35 bits per heavy atom. The topological polar surface area (TPSA) is 32.3 Å². The van der Waals surface area contributed by atoms with Crippen LogP contribution in [-0.4, -0.2) is 43.4 Å². The Morgan fingerprint density at radius 3 is 2.76 bits per heavy atom. The van der Waals surface area contributed by atoms with E-state index >= 15 is 0 Å². The Labute approximate surface area is 104 Å². The summed E-state index contributed by atoms with van der Waals surface area (Å²) >= 11 is 0. The molecule has 0 unspecified atom stereocenters. The van der Waals surface area contributed by atoms with Crippen LogP contribution in [0.15, 0.2) is 11.6 Å². The van der Waals surface area contributed by atoms with Crippen molar-refractivity contribution in [2.45, 2.75) is 33.1 Å². The molecule has 1 N–H and O–H groups in total. The number of hydrogen-bond acceptors (Lipinski definition) is 3. The van der Waals surface area contributed by atoms with Gasteiger partial charge in [0.2, 0.25) is 0 Å². The number of carbonyl (C=O) groups is 1. The van der Waals surface area contributed by atoms with Gasteiger partial charge in [-0.05, 0) is 23.8 Å². The van der Waals surface area contributed by atoms with Crippen LogP contribution in [0.2, 0.25) is 0 Å². The second kappa shape index (κ2) is 5.32. The van der Waals surface area contributed by atoms with E-state index in [-0.39, 0.29) is 5.41 Å². The highest BCUT2D eigenvalue weighted by Crippen LogP contribution is 2.32. The predicted molar refractivity (Wildman–Crippen MR) is 70.0 cm³/mol. The predicted octanol–water partition coefficient (Wildman–Crippen LogP) is 1.60. The van der Waals surface area contributed by atoms with Crippen LogP contribution in [0.3, 0.4) is 0 Å². The molecule has 0 atom stereocenters. The van der Waals surface area contributed by atoms with Crippen LogP contribution in [0.5, 0.6) is 0 Å². The van der Waals surface area contributed by atoms with Crippen molar-refractivity contribution >= 4 is 5.78 Å². The average molecular weight is 236 g/mol. The molecule has 17 heavy (non-hydrogen) atoms. The molecule has 3 heteroatoms. The fourth-order valence-corrected chi connectivity index (χ4v) is 2.65. The van der Waals surface area contributed by atoms with Gasteiger partial charge >= 0.3 is 0 Å². The first-order valence-corrected chi connectivity index (χ1v) is 6.75. The van der Waals surface area contributed by atoms with E-state index in [4.69, 9.17) is 0 Å². The van der Waals surface area contributed by atoms with E-state index < -0.39 is 0 Å². The van der Waals surface area contributed by atoms with E-state index in [0.29, 0.717) is 5.78 Å². The molecule has 0 amide bonds. The summed E-state index contributed by atoms with van der Waals surface area (Å²) in [5.41, 5.74) is 1.28. The molecule has 3 nitrogen and oxygen atoms in total. The Hall–Kier alpha value is -0.670. The second-order valence-electron chi connectivity index (χ2n) is 5.92. The minimum absolute atomic E-state index is 0.215. The maximum absolute atomic E-state index is 11.9. The van der Waals surface area contributed by atoms with Crippen molar-refractivity contribution in [1.29, 1.82) is 0 Å². The molecular weight excluding hydrogens is 212 g/mol. The molecule has 0 radical (unpaired) electrons. The van der Waals surface area contributed by atoms with E-state index in [2.05, 4.69) is 30.1 Å². The molecule has 96 valence electrons. The normalized spacial score (nSPS) is 25.8. The number of nitrogens with one attached hydrogen (secondary N) is 1. The first-order valence-electron chi connectivity index (χ1n) is 6.75. The van der Waals surface area contributed by atoms with Crippen molar-refractivity contribution in [2.24, 2.45) is 5.41 Å².